The summed E-state index contributed by atoms with van der Waals surface area (Å²) in [7, 11) is 0. The van der Waals surface area contributed by atoms with Gasteiger partial charge in [0.2, 0.25) is 5.91 Å². The first-order valence-corrected chi connectivity index (χ1v) is 12.9. The molecule has 0 unspecified atom stereocenters. The Bertz CT molecular complexity index is 1330. The summed E-state index contributed by atoms with van der Waals surface area (Å²) in [5.74, 6) is 0.915. The van der Waals surface area contributed by atoms with Crippen LogP contribution < -0.4 is 5.56 Å². The van der Waals surface area contributed by atoms with Crippen LogP contribution in [0.2, 0.25) is 0 Å². The molecule has 5 rings (SSSR count). The van der Waals surface area contributed by atoms with E-state index in [1.807, 2.05) is 55.1 Å². The van der Waals surface area contributed by atoms with Gasteiger partial charge in [-0.3, -0.25) is 14.5 Å². The molecule has 1 saturated heterocycles. The van der Waals surface area contributed by atoms with Crippen LogP contribution in [-0.2, 0) is 11.3 Å². The molecule has 6 nitrogen and oxygen atoms in total. The Morgan fingerprint density at radius 1 is 0.971 bits per heavy atom. The predicted octanol–water partition coefficient (Wildman–Crippen LogP) is 4.47. The van der Waals surface area contributed by atoms with E-state index in [0.29, 0.717) is 37.3 Å². The Labute approximate surface area is 209 Å². The first-order chi connectivity index (χ1) is 17.0. The fourth-order valence-corrected chi connectivity index (χ4v) is 5.89. The zero-order valence-corrected chi connectivity index (χ0v) is 21.0. The highest BCUT2D eigenvalue weighted by Crippen LogP contribution is 2.29. The number of hydrogen-bond donors (Lipinski definition) is 1. The summed E-state index contributed by atoms with van der Waals surface area (Å²) in [6, 6.07) is 20.5. The van der Waals surface area contributed by atoms with Crippen molar-refractivity contribution >= 4 is 27.5 Å². The Morgan fingerprint density at radius 2 is 1.57 bits per heavy atom. The summed E-state index contributed by atoms with van der Waals surface area (Å²) in [6.45, 7) is 7.46. The summed E-state index contributed by atoms with van der Waals surface area (Å²) in [5, 5.41) is 0.707. The number of piperazine rings is 1. The molecule has 0 bridgehead atoms. The Morgan fingerprint density at radius 3 is 2.17 bits per heavy atom. The normalized spacial score (nSPS) is 14.7. The van der Waals surface area contributed by atoms with Crippen LogP contribution in [0.5, 0.6) is 0 Å². The van der Waals surface area contributed by atoms with Gasteiger partial charge < -0.3 is 9.88 Å². The minimum atomic E-state index is -0.0615. The van der Waals surface area contributed by atoms with Gasteiger partial charge >= 0.3 is 0 Å². The molecule has 4 aromatic rings. The molecule has 1 aliphatic heterocycles. The molecule has 2 aromatic heterocycles. The highest BCUT2D eigenvalue weighted by molar-refractivity contribution is 7.18. The number of fused-ring (bicyclic) bond motifs is 1. The number of thiophene rings is 1. The van der Waals surface area contributed by atoms with Crippen molar-refractivity contribution in [3.05, 3.63) is 98.4 Å². The summed E-state index contributed by atoms with van der Waals surface area (Å²) in [5.41, 5.74) is 3.28. The first kappa shape index (κ1) is 23.5. The van der Waals surface area contributed by atoms with Gasteiger partial charge in [0, 0.05) is 43.4 Å². The molecule has 0 aliphatic carbocycles. The molecule has 0 atom stereocenters. The third-order valence-corrected chi connectivity index (χ3v) is 8.07. The maximum absolute atomic E-state index is 13.3. The number of aromatic nitrogens is 2. The SMILES string of the molecule is Cc1sc2nc(CN3CCN(C(=O)CC(c4ccccc4)c4ccccc4)CC3)[nH]c(=O)c2c1C. The highest BCUT2D eigenvalue weighted by atomic mass is 32.1. The molecule has 0 spiro atoms. The van der Waals surface area contributed by atoms with E-state index in [1.54, 1.807) is 11.3 Å². The van der Waals surface area contributed by atoms with Crippen molar-refractivity contribution in [2.24, 2.45) is 0 Å². The zero-order valence-electron chi connectivity index (χ0n) is 20.2. The van der Waals surface area contributed by atoms with Gasteiger partial charge in [-0.15, -0.1) is 11.3 Å². The molecular weight excluding hydrogens is 456 g/mol. The van der Waals surface area contributed by atoms with Crippen molar-refractivity contribution in [1.82, 2.24) is 19.8 Å². The Balaban J connectivity index is 1.23. The van der Waals surface area contributed by atoms with E-state index in [0.717, 1.165) is 39.5 Å². The number of carbonyl (C=O) groups excluding carboxylic acids is 1. The smallest absolute Gasteiger partial charge is 0.259 e. The molecule has 1 N–H and O–H groups in total. The lowest BCUT2D eigenvalue weighted by atomic mass is 9.88. The van der Waals surface area contributed by atoms with E-state index in [-0.39, 0.29) is 17.4 Å². The number of nitrogens with one attached hydrogen (secondary N) is 1. The van der Waals surface area contributed by atoms with Gasteiger partial charge in [-0.2, -0.15) is 0 Å². The number of hydrogen-bond acceptors (Lipinski definition) is 5. The fraction of sp³-hybridized carbons (Fsp3) is 0.321. The van der Waals surface area contributed by atoms with Gasteiger partial charge in [0.25, 0.3) is 5.56 Å². The lowest BCUT2D eigenvalue weighted by molar-refractivity contribution is -0.133. The van der Waals surface area contributed by atoms with E-state index in [4.69, 9.17) is 4.98 Å². The van der Waals surface area contributed by atoms with Crippen LogP contribution in [0.3, 0.4) is 0 Å². The summed E-state index contributed by atoms with van der Waals surface area (Å²) < 4.78 is 0. The first-order valence-electron chi connectivity index (χ1n) is 12.1. The lowest BCUT2D eigenvalue weighted by Crippen LogP contribution is -2.48. The molecule has 1 aliphatic rings. The number of nitrogens with zero attached hydrogens (tertiary/aromatic N) is 3. The molecule has 2 aromatic carbocycles. The number of aryl methyl sites for hydroxylation is 2. The molecular formula is C28H30N4O2S. The summed E-state index contributed by atoms with van der Waals surface area (Å²) >= 11 is 1.57. The van der Waals surface area contributed by atoms with Gasteiger partial charge in [-0.1, -0.05) is 60.7 Å². The largest absolute Gasteiger partial charge is 0.340 e. The number of aromatic amines is 1. The van der Waals surface area contributed by atoms with Crippen molar-refractivity contribution < 1.29 is 4.79 Å². The molecule has 0 saturated carbocycles. The van der Waals surface area contributed by atoms with Crippen LogP contribution in [0.25, 0.3) is 10.2 Å². The fourth-order valence-electron chi connectivity index (χ4n) is 4.84. The lowest BCUT2D eigenvalue weighted by Gasteiger charge is -2.35. The standard InChI is InChI=1S/C28H30N4O2S/c1-19-20(2)35-28-26(19)27(34)29-24(30-28)18-31-13-15-32(16-14-31)25(33)17-23(21-9-5-3-6-10-21)22-11-7-4-8-12-22/h3-12,23H,13-18H2,1-2H3,(H,29,30,34). The van der Waals surface area contributed by atoms with Crippen LogP contribution >= 0.6 is 11.3 Å². The van der Waals surface area contributed by atoms with Gasteiger partial charge in [0.1, 0.15) is 10.7 Å². The number of H-pyrrole nitrogens is 1. The zero-order chi connectivity index (χ0) is 24.4. The number of amides is 1. The van der Waals surface area contributed by atoms with Gasteiger partial charge in [0.05, 0.1) is 11.9 Å². The third kappa shape index (κ3) is 5.06. The van der Waals surface area contributed by atoms with Crippen LogP contribution in [0.1, 0.15) is 39.7 Å². The molecule has 7 heteroatoms. The quantitative estimate of drug-likeness (QED) is 0.437. The molecule has 3 heterocycles. The average Bonchev–Trinajstić information content (AvgIpc) is 3.17. The van der Waals surface area contributed by atoms with Crippen molar-refractivity contribution in [2.45, 2.75) is 32.7 Å². The van der Waals surface area contributed by atoms with Crippen molar-refractivity contribution in [3.63, 3.8) is 0 Å². The van der Waals surface area contributed by atoms with E-state index in [9.17, 15) is 9.59 Å². The second-order valence-corrected chi connectivity index (χ2v) is 10.4. The van der Waals surface area contributed by atoms with Gasteiger partial charge in [-0.05, 0) is 30.5 Å². The average molecular weight is 487 g/mol. The minimum absolute atomic E-state index is 0.0432. The van der Waals surface area contributed by atoms with Crippen LogP contribution in [0.15, 0.2) is 65.5 Å². The third-order valence-electron chi connectivity index (χ3n) is 6.97. The predicted molar refractivity (Wildman–Crippen MR) is 141 cm³/mol. The number of rotatable bonds is 6. The van der Waals surface area contributed by atoms with Crippen molar-refractivity contribution in [3.8, 4) is 0 Å². The molecule has 35 heavy (non-hydrogen) atoms. The molecule has 1 fully saturated rings. The molecule has 0 radical (unpaired) electrons. The van der Waals surface area contributed by atoms with E-state index in [2.05, 4.69) is 34.1 Å². The highest BCUT2D eigenvalue weighted by Gasteiger charge is 2.25. The summed E-state index contributed by atoms with van der Waals surface area (Å²) in [6.07, 6.45) is 0.455. The maximum Gasteiger partial charge on any atom is 0.259 e. The molecule has 180 valence electrons. The maximum atomic E-state index is 13.3. The van der Waals surface area contributed by atoms with Gasteiger partial charge in [0.15, 0.2) is 0 Å². The van der Waals surface area contributed by atoms with E-state index >= 15 is 0 Å². The van der Waals surface area contributed by atoms with Crippen molar-refractivity contribution in [2.75, 3.05) is 26.2 Å². The van der Waals surface area contributed by atoms with Crippen LogP contribution in [0, 0.1) is 13.8 Å². The van der Waals surface area contributed by atoms with Crippen LogP contribution in [0.4, 0.5) is 0 Å². The van der Waals surface area contributed by atoms with E-state index < -0.39 is 0 Å². The summed E-state index contributed by atoms with van der Waals surface area (Å²) in [4.78, 5) is 39.7. The van der Waals surface area contributed by atoms with Crippen molar-refractivity contribution in [1.29, 1.82) is 0 Å². The number of benzene rings is 2. The Kier molecular flexibility index (Phi) is 6.79. The van der Waals surface area contributed by atoms with Gasteiger partial charge in [-0.25, -0.2) is 4.98 Å². The van der Waals surface area contributed by atoms with Crippen LogP contribution in [-0.4, -0.2) is 51.9 Å². The Hall–Kier alpha value is -3.29. The monoisotopic (exact) mass is 486 g/mol. The topological polar surface area (TPSA) is 69.3 Å². The number of carbonyl (C=O) groups is 1. The molecule has 1 amide bonds. The minimum Gasteiger partial charge on any atom is -0.340 e. The van der Waals surface area contributed by atoms with E-state index in [1.165, 1.54) is 0 Å². The second kappa shape index (κ2) is 10.1. The second-order valence-electron chi connectivity index (χ2n) is 9.21.